The number of carbonyl (C=O) groups is 1. The monoisotopic (exact) mass is 213 g/mol. The molecule has 2 aliphatic rings. The van der Waals surface area contributed by atoms with Crippen LogP contribution in [0, 0.1) is 0 Å². The Labute approximate surface area is 90.5 Å². The molecule has 2 aliphatic heterocycles. The molecule has 4 nitrogen and oxygen atoms in total. The van der Waals surface area contributed by atoms with E-state index in [1.54, 1.807) is 0 Å². The molecule has 15 heavy (non-hydrogen) atoms. The number of carbonyl (C=O) groups excluding carboxylic acids is 1. The molecule has 4 heteroatoms. The molecule has 0 aromatic heterocycles. The zero-order chi connectivity index (χ0) is 10.9. The van der Waals surface area contributed by atoms with Crippen molar-refractivity contribution in [1.29, 1.82) is 0 Å². The summed E-state index contributed by atoms with van der Waals surface area (Å²) in [7, 11) is 0. The maximum absolute atomic E-state index is 11.6. The summed E-state index contributed by atoms with van der Waals surface area (Å²) in [5.41, 5.74) is -0.342. The molecule has 1 amide bonds. The maximum Gasteiger partial charge on any atom is 0.225 e. The SMILES string of the molecule is CCOC(C)OC12CCCN1C(=O)CC2. The van der Waals surface area contributed by atoms with Crippen LogP contribution < -0.4 is 0 Å². The molecule has 2 saturated heterocycles. The van der Waals surface area contributed by atoms with E-state index in [-0.39, 0.29) is 17.9 Å². The topological polar surface area (TPSA) is 38.8 Å². The molecule has 2 atom stereocenters. The first kappa shape index (κ1) is 10.9. The summed E-state index contributed by atoms with van der Waals surface area (Å²) in [6, 6.07) is 0. The molecule has 0 aromatic rings. The molecule has 2 rings (SSSR count). The fourth-order valence-corrected chi connectivity index (χ4v) is 2.66. The second-order valence-electron chi connectivity index (χ2n) is 4.24. The van der Waals surface area contributed by atoms with E-state index in [1.807, 2.05) is 18.7 Å². The highest BCUT2D eigenvalue weighted by atomic mass is 16.7. The van der Waals surface area contributed by atoms with Gasteiger partial charge in [-0.1, -0.05) is 0 Å². The largest absolute Gasteiger partial charge is 0.353 e. The summed E-state index contributed by atoms with van der Waals surface area (Å²) in [4.78, 5) is 13.5. The fourth-order valence-electron chi connectivity index (χ4n) is 2.66. The Balaban J connectivity index is 2.02. The van der Waals surface area contributed by atoms with Crippen LogP contribution in [0.15, 0.2) is 0 Å². The van der Waals surface area contributed by atoms with Crippen LogP contribution in [0.25, 0.3) is 0 Å². The van der Waals surface area contributed by atoms with Gasteiger partial charge >= 0.3 is 0 Å². The van der Waals surface area contributed by atoms with Gasteiger partial charge in [0.2, 0.25) is 5.91 Å². The Kier molecular flexibility index (Phi) is 2.98. The van der Waals surface area contributed by atoms with E-state index in [4.69, 9.17) is 9.47 Å². The van der Waals surface area contributed by atoms with E-state index in [0.717, 1.165) is 25.8 Å². The van der Waals surface area contributed by atoms with Crippen molar-refractivity contribution in [3.8, 4) is 0 Å². The number of hydrogen-bond donors (Lipinski definition) is 0. The number of nitrogens with zero attached hydrogens (tertiary/aromatic N) is 1. The van der Waals surface area contributed by atoms with E-state index in [9.17, 15) is 4.79 Å². The number of fused-ring (bicyclic) bond motifs is 1. The van der Waals surface area contributed by atoms with E-state index in [0.29, 0.717) is 13.0 Å². The van der Waals surface area contributed by atoms with Crippen LogP contribution >= 0.6 is 0 Å². The van der Waals surface area contributed by atoms with Crippen molar-refractivity contribution in [3.63, 3.8) is 0 Å². The van der Waals surface area contributed by atoms with Crippen LogP contribution in [-0.4, -0.2) is 36.0 Å². The molecule has 2 unspecified atom stereocenters. The molecular weight excluding hydrogens is 194 g/mol. The summed E-state index contributed by atoms with van der Waals surface area (Å²) in [5.74, 6) is 0.233. The molecule has 0 spiro atoms. The quantitative estimate of drug-likeness (QED) is 0.664. The van der Waals surface area contributed by atoms with Gasteiger partial charge in [0.05, 0.1) is 0 Å². The average Bonchev–Trinajstić information content (AvgIpc) is 2.69. The molecule has 2 fully saturated rings. The lowest BCUT2D eigenvalue weighted by Gasteiger charge is -2.34. The van der Waals surface area contributed by atoms with E-state index >= 15 is 0 Å². The molecule has 0 N–H and O–H groups in total. The van der Waals surface area contributed by atoms with Crippen molar-refractivity contribution < 1.29 is 14.3 Å². The summed E-state index contributed by atoms with van der Waals surface area (Å²) in [6.45, 7) is 5.34. The molecule has 0 aliphatic carbocycles. The Morgan fingerprint density at radius 3 is 3.07 bits per heavy atom. The van der Waals surface area contributed by atoms with Crippen molar-refractivity contribution in [2.24, 2.45) is 0 Å². The summed E-state index contributed by atoms with van der Waals surface area (Å²) < 4.78 is 11.3. The zero-order valence-electron chi connectivity index (χ0n) is 9.49. The highest BCUT2D eigenvalue weighted by Gasteiger charge is 2.50. The number of amides is 1. The maximum atomic E-state index is 11.6. The number of ether oxygens (including phenoxy) is 2. The van der Waals surface area contributed by atoms with Crippen LogP contribution in [-0.2, 0) is 14.3 Å². The molecule has 0 bridgehead atoms. The lowest BCUT2D eigenvalue weighted by molar-refractivity contribution is -0.231. The van der Waals surface area contributed by atoms with Gasteiger partial charge in [-0.3, -0.25) is 4.79 Å². The minimum Gasteiger partial charge on any atom is -0.353 e. The lowest BCUT2D eigenvalue weighted by Crippen LogP contribution is -2.45. The summed E-state index contributed by atoms with van der Waals surface area (Å²) >= 11 is 0. The van der Waals surface area contributed by atoms with Crippen LogP contribution in [0.4, 0.5) is 0 Å². The van der Waals surface area contributed by atoms with Crippen LogP contribution in [0.2, 0.25) is 0 Å². The van der Waals surface area contributed by atoms with Gasteiger partial charge in [0.1, 0.15) is 5.72 Å². The van der Waals surface area contributed by atoms with Gasteiger partial charge in [0.25, 0.3) is 0 Å². The van der Waals surface area contributed by atoms with Crippen molar-refractivity contribution in [2.75, 3.05) is 13.2 Å². The normalized spacial score (nSPS) is 32.1. The predicted molar refractivity (Wildman–Crippen MR) is 55.1 cm³/mol. The second-order valence-corrected chi connectivity index (χ2v) is 4.24. The highest BCUT2D eigenvalue weighted by molar-refractivity contribution is 5.79. The number of hydrogen-bond acceptors (Lipinski definition) is 3. The van der Waals surface area contributed by atoms with Gasteiger partial charge in [0.15, 0.2) is 6.29 Å². The third kappa shape index (κ3) is 1.88. The smallest absolute Gasteiger partial charge is 0.225 e. The lowest BCUT2D eigenvalue weighted by atomic mass is 10.1. The third-order valence-corrected chi connectivity index (χ3v) is 3.26. The van der Waals surface area contributed by atoms with E-state index in [2.05, 4.69) is 0 Å². The van der Waals surface area contributed by atoms with Gasteiger partial charge in [-0.25, -0.2) is 0 Å². The van der Waals surface area contributed by atoms with Gasteiger partial charge in [-0.15, -0.1) is 0 Å². The van der Waals surface area contributed by atoms with E-state index in [1.165, 1.54) is 0 Å². The Hall–Kier alpha value is -0.610. The second kappa shape index (κ2) is 4.10. The first-order valence-corrected chi connectivity index (χ1v) is 5.78. The van der Waals surface area contributed by atoms with Gasteiger partial charge < -0.3 is 14.4 Å². The third-order valence-electron chi connectivity index (χ3n) is 3.26. The first-order valence-electron chi connectivity index (χ1n) is 5.78. The zero-order valence-corrected chi connectivity index (χ0v) is 9.49. The van der Waals surface area contributed by atoms with Gasteiger partial charge in [-0.2, -0.15) is 0 Å². The minimum absolute atomic E-state index is 0.221. The minimum atomic E-state index is -0.342. The Morgan fingerprint density at radius 1 is 1.53 bits per heavy atom. The fraction of sp³-hybridized carbons (Fsp3) is 0.909. The Bertz CT molecular complexity index is 256. The molecule has 86 valence electrons. The highest BCUT2D eigenvalue weighted by Crippen LogP contribution is 2.41. The molecule has 0 aromatic carbocycles. The van der Waals surface area contributed by atoms with Crippen LogP contribution in [0.3, 0.4) is 0 Å². The predicted octanol–water partition coefficient (Wildman–Crippen LogP) is 1.50. The van der Waals surface area contributed by atoms with Crippen LogP contribution in [0.5, 0.6) is 0 Å². The molecule has 2 heterocycles. The van der Waals surface area contributed by atoms with Crippen molar-refractivity contribution in [1.82, 2.24) is 4.90 Å². The van der Waals surface area contributed by atoms with Crippen molar-refractivity contribution in [3.05, 3.63) is 0 Å². The molecular formula is C11H19NO3. The molecule has 0 radical (unpaired) electrons. The number of rotatable bonds is 4. The standard InChI is InChI=1S/C11H19NO3/c1-3-14-9(2)15-11-6-4-8-12(11)10(13)5-7-11/h9H,3-8H2,1-2H3. The van der Waals surface area contributed by atoms with Crippen LogP contribution in [0.1, 0.15) is 39.5 Å². The summed E-state index contributed by atoms with van der Waals surface area (Å²) in [5, 5.41) is 0. The Morgan fingerprint density at radius 2 is 2.33 bits per heavy atom. The van der Waals surface area contributed by atoms with Gasteiger partial charge in [0, 0.05) is 26.0 Å². The van der Waals surface area contributed by atoms with Gasteiger partial charge in [-0.05, 0) is 26.7 Å². The van der Waals surface area contributed by atoms with E-state index < -0.39 is 0 Å². The average molecular weight is 213 g/mol. The van der Waals surface area contributed by atoms with Crippen molar-refractivity contribution >= 4 is 5.91 Å². The molecule has 0 saturated carbocycles. The first-order chi connectivity index (χ1) is 7.18. The summed E-state index contributed by atoms with van der Waals surface area (Å²) in [6.07, 6.45) is 3.23. The van der Waals surface area contributed by atoms with Crippen molar-refractivity contribution in [2.45, 2.75) is 51.5 Å².